The van der Waals surface area contributed by atoms with E-state index in [1.54, 1.807) is 31.2 Å². The van der Waals surface area contributed by atoms with Gasteiger partial charge < -0.3 is 14.8 Å². The van der Waals surface area contributed by atoms with Crippen molar-refractivity contribution in [3.8, 4) is 18.1 Å². The number of anilines is 1. The SMILES string of the molecule is C#CCC(=O)Nc1cccc(OCC(=O)OCC)c1. The van der Waals surface area contributed by atoms with Crippen molar-refractivity contribution in [3.63, 3.8) is 0 Å². The van der Waals surface area contributed by atoms with Crippen molar-refractivity contribution in [2.45, 2.75) is 13.3 Å². The van der Waals surface area contributed by atoms with Crippen LogP contribution in [-0.4, -0.2) is 25.1 Å². The Morgan fingerprint density at radius 3 is 2.89 bits per heavy atom. The maximum atomic E-state index is 11.3. The molecular weight excluding hydrogens is 246 g/mol. The van der Waals surface area contributed by atoms with Gasteiger partial charge in [-0.3, -0.25) is 4.79 Å². The summed E-state index contributed by atoms with van der Waals surface area (Å²) in [6.07, 6.45) is 5.04. The average molecular weight is 261 g/mol. The van der Waals surface area contributed by atoms with E-state index >= 15 is 0 Å². The predicted molar refractivity (Wildman–Crippen MR) is 70.6 cm³/mol. The third kappa shape index (κ3) is 5.59. The first-order valence-electron chi connectivity index (χ1n) is 5.77. The molecule has 0 aliphatic carbocycles. The van der Waals surface area contributed by atoms with E-state index in [0.29, 0.717) is 18.0 Å². The molecule has 0 spiro atoms. The number of carbonyl (C=O) groups excluding carboxylic acids is 2. The summed E-state index contributed by atoms with van der Waals surface area (Å²) < 4.78 is 9.97. The Morgan fingerprint density at radius 2 is 2.21 bits per heavy atom. The van der Waals surface area contributed by atoms with Gasteiger partial charge in [0.1, 0.15) is 5.75 Å². The molecule has 0 heterocycles. The number of benzene rings is 1. The highest BCUT2D eigenvalue weighted by atomic mass is 16.6. The molecule has 1 aromatic carbocycles. The lowest BCUT2D eigenvalue weighted by Gasteiger charge is -2.08. The van der Waals surface area contributed by atoms with Crippen molar-refractivity contribution in [2.75, 3.05) is 18.5 Å². The molecule has 0 atom stereocenters. The number of amides is 1. The summed E-state index contributed by atoms with van der Waals surface area (Å²) in [6, 6.07) is 6.68. The fourth-order valence-electron chi connectivity index (χ4n) is 1.31. The minimum atomic E-state index is -0.440. The maximum Gasteiger partial charge on any atom is 0.344 e. The van der Waals surface area contributed by atoms with E-state index in [2.05, 4.69) is 11.2 Å². The Hall–Kier alpha value is -2.48. The third-order valence-electron chi connectivity index (χ3n) is 2.04. The fourth-order valence-corrected chi connectivity index (χ4v) is 1.31. The molecule has 0 fully saturated rings. The summed E-state index contributed by atoms with van der Waals surface area (Å²) in [5, 5.41) is 2.62. The first kappa shape index (κ1) is 14.6. The lowest BCUT2D eigenvalue weighted by Crippen LogP contribution is -2.15. The van der Waals surface area contributed by atoms with Crippen molar-refractivity contribution >= 4 is 17.6 Å². The van der Waals surface area contributed by atoms with Gasteiger partial charge >= 0.3 is 5.97 Å². The average Bonchev–Trinajstić information content (AvgIpc) is 2.37. The quantitative estimate of drug-likeness (QED) is 0.624. The van der Waals surface area contributed by atoms with Gasteiger partial charge in [0, 0.05) is 11.8 Å². The van der Waals surface area contributed by atoms with Crippen molar-refractivity contribution in [2.24, 2.45) is 0 Å². The summed E-state index contributed by atoms with van der Waals surface area (Å²) in [4.78, 5) is 22.4. The van der Waals surface area contributed by atoms with Crippen molar-refractivity contribution in [1.82, 2.24) is 0 Å². The van der Waals surface area contributed by atoms with E-state index in [1.807, 2.05) is 0 Å². The number of rotatable bonds is 6. The molecule has 5 heteroatoms. The van der Waals surface area contributed by atoms with Gasteiger partial charge in [0.05, 0.1) is 13.0 Å². The highest BCUT2D eigenvalue weighted by Gasteiger charge is 2.05. The van der Waals surface area contributed by atoms with Crippen LogP contribution in [-0.2, 0) is 14.3 Å². The Kier molecular flexibility index (Phi) is 5.96. The molecule has 0 aliphatic rings. The highest BCUT2D eigenvalue weighted by molar-refractivity contribution is 5.92. The molecular formula is C14H15NO4. The van der Waals surface area contributed by atoms with Gasteiger partial charge in [0.15, 0.2) is 6.61 Å². The normalized spacial score (nSPS) is 9.26. The van der Waals surface area contributed by atoms with E-state index in [1.165, 1.54) is 0 Å². The molecule has 0 saturated heterocycles. The zero-order valence-corrected chi connectivity index (χ0v) is 10.6. The smallest absolute Gasteiger partial charge is 0.344 e. The van der Waals surface area contributed by atoms with Crippen LogP contribution in [0.2, 0.25) is 0 Å². The monoisotopic (exact) mass is 261 g/mol. The second-order valence-electron chi connectivity index (χ2n) is 3.55. The Bertz CT molecular complexity index is 490. The molecule has 0 bridgehead atoms. The fraction of sp³-hybridized carbons (Fsp3) is 0.286. The van der Waals surface area contributed by atoms with Crippen LogP contribution < -0.4 is 10.1 Å². The molecule has 0 saturated carbocycles. The summed E-state index contributed by atoms with van der Waals surface area (Å²) in [6.45, 7) is 1.86. The molecule has 100 valence electrons. The first-order valence-corrected chi connectivity index (χ1v) is 5.77. The lowest BCUT2D eigenvalue weighted by molar-refractivity contribution is -0.145. The van der Waals surface area contributed by atoms with Crippen LogP contribution in [0.5, 0.6) is 5.75 Å². The number of nitrogens with one attached hydrogen (secondary N) is 1. The van der Waals surface area contributed by atoms with E-state index in [-0.39, 0.29) is 18.9 Å². The topological polar surface area (TPSA) is 64.6 Å². The molecule has 0 aliphatic heterocycles. The summed E-state index contributed by atoms with van der Waals surface area (Å²) in [5.74, 6) is 2.00. The van der Waals surface area contributed by atoms with Gasteiger partial charge in [-0.25, -0.2) is 4.79 Å². The number of esters is 1. The molecule has 1 aromatic rings. The number of terminal acetylenes is 1. The van der Waals surface area contributed by atoms with Crippen molar-refractivity contribution in [1.29, 1.82) is 0 Å². The van der Waals surface area contributed by atoms with Crippen molar-refractivity contribution < 1.29 is 19.1 Å². The van der Waals surface area contributed by atoms with Crippen LogP contribution >= 0.6 is 0 Å². The number of hydrogen-bond acceptors (Lipinski definition) is 4. The van der Waals surface area contributed by atoms with E-state index in [4.69, 9.17) is 15.9 Å². The van der Waals surface area contributed by atoms with Crippen LogP contribution in [0.4, 0.5) is 5.69 Å². The van der Waals surface area contributed by atoms with Crippen LogP contribution in [0.25, 0.3) is 0 Å². The van der Waals surface area contributed by atoms with Crippen LogP contribution in [0.3, 0.4) is 0 Å². The molecule has 5 nitrogen and oxygen atoms in total. The van der Waals surface area contributed by atoms with Crippen LogP contribution in [0.1, 0.15) is 13.3 Å². The van der Waals surface area contributed by atoms with E-state index < -0.39 is 5.97 Å². The highest BCUT2D eigenvalue weighted by Crippen LogP contribution is 2.17. The summed E-state index contributed by atoms with van der Waals surface area (Å²) in [5.41, 5.74) is 0.557. The minimum Gasteiger partial charge on any atom is -0.482 e. The van der Waals surface area contributed by atoms with E-state index in [9.17, 15) is 9.59 Å². The zero-order valence-electron chi connectivity index (χ0n) is 10.6. The molecule has 1 N–H and O–H groups in total. The van der Waals surface area contributed by atoms with Crippen LogP contribution in [0, 0.1) is 12.3 Å². The second kappa shape index (κ2) is 7.77. The van der Waals surface area contributed by atoms with Crippen molar-refractivity contribution in [3.05, 3.63) is 24.3 Å². The summed E-state index contributed by atoms with van der Waals surface area (Å²) in [7, 11) is 0. The summed E-state index contributed by atoms with van der Waals surface area (Å²) >= 11 is 0. The first-order chi connectivity index (χ1) is 9.15. The Morgan fingerprint density at radius 1 is 1.42 bits per heavy atom. The number of carbonyl (C=O) groups is 2. The molecule has 1 rings (SSSR count). The molecule has 0 radical (unpaired) electrons. The zero-order chi connectivity index (χ0) is 14.1. The van der Waals surface area contributed by atoms with Gasteiger partial charge in [-0.2, -0.15) is 0 Å². The van der Waals surface area contributed by atoms with Crippen LogP contribution in [0.15, 0.2) is 24.3 Å². The Balaban J connectivity index is 2.55. The molecule has 0 aromatic heterocycles. The predicted octanol–water partition coefficient (Wildman–Crippen LogP) is 1.59. The Labute approximate surface area is 111 Å². The standard InChI is InChI=1S/C14H15NO4/c1-3-6-13(16)15-11-7-5-8-12(9-11)19-10-14(17)18-4-2/h1,5,7-9H,4,6,10H2,2H3,(H,15,16). The van der Waals surface area contributed by atoms with Gasteiger partial charge in [-0.05, 0) is 19.1 Å². The number of ether oxygens (including phenoxy) is 2. The molecule has 1 amide bonds. The van der Waals surface area contributed by atoms with Gasteiger partial charge in [0.2, 0.25) is 5.91 Å². The third-order valence-corrected chi connectivity index (χ3v) is 2.04. The maximum absolute atomic E-state index is 11.3. The second-order valence-corrected chi connectivity index (χ2v) is 3.55. The van der Waals surface area contributed by atoms with Gasteiger partial charge in [0.25, 0.3) is 0 Å². The number of hydrogen-bond donors (Lipinski definition) is 1. The molecule has 19 heavy (non-hydrogen) atoms. The van der Waals surface area contributed by atoms with Gasteiger partial charge in [-0.1, -0.05) is 12.0 Å². The van der Waals surface area contributed by atoms with Gasteiger partial charge in [-0.15, -0.1) is 6.42 Å². The molecule has 0 unspecified atom stereocenters. The lowest BCUT2D eigenvalue weighted by atomic mass is 10.3. The van der Waals surface area contributed by atoms with E-state index in [0.717, 1.165) is 0 Å². The largest absolute Gasteiger partial charge is 0.482 e. The minimum absolute atomic E-state index is 0.00785.